The van der Waals surface area contributed by atoms with Crippen molar-refractivity contribution < 1.29 is 0 Å². The second-order valence-corrected chi connectivity index (χ2v) is 5.38. The molecule has 1 aliphatic rings. The quantitative estimate of drug-likeness (QED) is 0.828. The summed E-state index contributed by atoms with van der Waals surface area (Å²) >= 11 is 0. The molecular weight excluding hydrogens is 252 g/mol. The highest BCUT2D eigenvalue weighted by molar-refractivity contribution is 5.37. The van der Waals surface area contributed by atoms with Crippen molar-refractivity contribution >= 4 is 5.82 Å². The number of rotatable bonds is 4. The zero-order chi connectivity index (χ0) is 13.9. The third kappa shape index (κ3) is 2.80. The van der Waals surface area contributed by atoms with Gasteiger partial charge in [0, 0.05) is 57.7 Å². The number of nitrogens with zero attached hydrogens (tertiary/aromatic N) is 6. The van der Waals surface area contributed by atoms with E-state index >= 15 is 0 Å². The molecule has 6 nitrogen and oxygen atoms in total. The van der Waals surface area contributed by atoms with Gasteiger partial charge in [-0.25, -0.2) is 9.97 Å². The van der Waals surface area contributed by atoms with Crippen LogP contribution in [0.5, 0.6) is 0 Å². The van der Waals surface area contributed by atoms with E-state index in [0.29, 0.717) is 6.04 Å². The van der Waals surface area contributed by atoms with Gasteiger partial charge in [0.15, 0.2) is 0 Å². The maximum absolute atomic E-state index is 4.32. The van der Waals surface area contributed by atoms with Crippen molar-refractivity contribution in [3.63, 3.8) is 0 Å². The van der Waals surface area contributed by atoms with Gasteiger partial charge in [0.25, 0.3) is 0 Å². The molecule has 3 rings (SSSR count). The van der Waals surface area contributed by atoms with Gasteiger partial charge < -0.3 is 4.90 Å². The van der Waals surface area contributed by atoms with Gasteiger partial charge >= 0.3 is 0 Å². The van der Waals surface area contributed by atoms with Crippen LogP contribution in [0.1, 0.15) is 12.0 Å². The van der Waals surface area contributed by atoms with Crippen molar-refractivity contribution in [1.82, 2.24) is 24.6 Å². The molecule has 0 amide bonds. The lowest BCUT2D eigenvalue weighted by Gasteiger charge is -2.25. The molecule has 106 valence electrons. The summed E-state index contributed by atoms with van der Waals surface area (Å²) in [6.07, 6.45) is 8.60. The number of hydrogen-bond acceptors (Lipinski definition) is 5. The summed E-state index contributed by atoms with van der Waals surface area (Å²) in [7, 11) is 4.07. The second-order valence-electron chi connectivity index (χ2n) is 5.38. The van der Waals surface area contributed by atoms with Crippen molar-refractivity contribution in [2.45, 2.75) is 19.0 Å². The van der Waals surface area contributed by atoms with Crippen LogP contribution in [0.15, 0.2) is 31.0 Å². The highest BCUT2D eigenvalue weighted by Crippen LogP contribution is 2.20. The minimum Gasteiger partial charge on any atom is -0.355 e. The smallest absolute Gasteiger partial charge is 0.131 e. The average Bonchev–Trinajstić information content (AvgIpc) is 3.09. The number of likely N-dealkylation sites (tertiary alicyclic amines) is 1. The zero-order valence-corrected chi connectivity index (χ0v) is 12.0. The molecular formula is C14H20N6. The van der Waals surface area contributed by atoms with E-state index in [1.807, 2.05) is 24.0 Å². The van der Waals surface area contributed by atoms with Crippen LogP contribution in [0.3, 0.4) is 0 Å². The molecule has 0 radical (unpaired) electrons. The molecule has 2 aromatic rings. The van der Waals surface area contributed by atoms with E-state index in [2.05, 4.69) is 38.1 Å². The minimum atomic E-state index is 0.515. The molecule has 1 aliphatic heterocycles. The van der Waals surface area contributed by atoms with Crippen molar-refractivity contribution in [3.8, 4) is 0 Å². The minimum absolute atomic E-state index is 0.515. The third-order valence-corrected chi connectivity index (χ3v) is 3.89. The zero-order valence-electron chi connectivity index (χ0n) is 12.0. The Balaban J connectivity index is 1.59. The first-order chi connectivity index (χ1) is 9.72. The molecule has 3 heterocycles. The van der Waals surface area contributed by atoms with Crippen LogP contribution in [-0.2, 0) is 13.6 Å². The van der Waals surface area contributed by atoms with Crippen LogP contribution in [0.4, 0.5) is 5.82 Å². The van der Waals surface area contributed by atoms with Gasteiger partial charge in [0.05, 0.1) is 6.20 Å². The van der Waals surface area contributed by atoms with Crippen LogP contribution in [-0.4, -0.2) is 50.8 Å². The summed E-state index contributed by atoms with van der Waals surface area (Å²) in [4.78, 5) is 13.0. The highest BCUT2D eigenvalue weighted by Gasteiger charge is 2.26. The maximum atomic E-state index is 4.32. The summed E-state index contributed by atoms with van der Waals surface area (Å²) in [6.45, 7) is 3.16. The number of aromatic nitrogens is 4. The van der Waals surface area contributed by atoms with Crippen LogP contribution >= 0.6 is 0 Å². The van der Waals surface area contributed by atoms with Gasteiger partial charge in [-0.1, -0.05) is 0 Å². The van der Waals surface area contributed by atoms with Crippen LogP contribution in [0.2, 0.25) is 0 Å². The van der Waals surface area contributed by atoms with Gasteiger partial charge in [0.1, 0.15) is 12.1 Å². The predicted octanol–water partition coefficient (Wildman–Crippen LogP) is 0.921. The van der Waals surface area contributed by atoms with E-state index in [1.54, 1.807) is 12.5 Å². The second kappa shape index (κ2) is 5.58. The number of aryl methyl sites for hydroxylation is 1. The van der Waals surface area contributed by atoms with Crippen molar-refractivity contribution in [3.05, 3.63) is 36.5 Å². The molecule has 1 saturated heterocycles. The lowest BCUT2D eigenvalue weighted by atomic mass is 10.2. The molecule has 1 atom stereocenters. The van der Waals surface area contributed by atoms with Crippen LogP contribution in [0.25, 0.3) is 0 Å². The van der Waals surface area contributed by atoms with Gasteiger partial charge in [-0.3, -0.25) is 9.58 Å². The Morgan fingerprint density at radius 1 is 1.45 bits per heavy atom. The fourth-order valence-electron chi connectivity index (χ4n) is 2.76. The van der Waals surface area contributed by atoms with Gasteiger partial charge in [-0.15, -0.1) is 0 Å². The molecule has 2 aromatic heterocycles. The van der Waals surface area contributed by atoms with E-state index in [4.69, 9.17) is 0 Å². The average molecular weight is 272 g/mol. The first-order valence-electron chi connectivity index (χ1n) is 6.91. The number of hydrogen-bond donors (Lipinski definition) is 0. The Hall–Kier alpha value is -1.95. The Labute approximate surface area is 119 Å². The fraction of sp³-hybridized carbons (Fsp3) is 0.500. The summed E-state index contributed by atoms with van der Waals surface area (Å²) in [5.41, 5.74) is 1.28. The first-order valence-corrected chi connectivity index (χ1v) is 6.91. The SMILES string of the molecule is CN(c1ccncn1)C1CCN(Cc2cnn(C)c2)C1. The molecule has 0 aliphatic carbocycles. The predicted molar refractivity (Wildman–Crippen MR) is 77.3 cm³/mol. The first kappa shape index (κ1) is 13.1. The monoisotopic (exact) mass is 272 g/mol. The summed E-state index contributed by atoms with van der Waals surface area (Å²) in [5, 5.41) is 4.22. The molecule has 1 fully saturated rings. The summed E-state index contributed by atoms with van der Waals surface area (Å²) < 4.78 is 1.86. The van der Waals surface area contributed by atoms with Gasteiger partial charge in [-0.05, 0) is 12.5 Å². The van der Waals surface area contributed by atoms with E-state index in [1.165, 1.54) is 12.0 Å². The molecule has 1 unspecified atom stereocenters. The summed E-state index contributed by atoms with van der Waals surface area (Å²) in [6, 6.07) is 2.48. The van der Waals surface area contributed by atoms with Crippen LogP contribution < -0.4 is 4.90 Å². The van der Waals surface area contributed by atoms with E-state index < -0.39 is 0 Å². The van der Waals surface area contributed by atoms with Gasteiger partial charge in [-0.2, -0.15) is 5.10 Å². The molecule has 0 spiro atoms. The Kier molecular flexibility index (Phi) is 3.64. The Morgan fingerprint density at radius 2 is 2.35 bits per heavy atom. The summed E-state index contributed by atoms with van der Waals surface area (Å²) in [5.74, 6) is 0.994. The molecule has 6 heteroatoms. The Morgan fingerprint density at radius 3 is 3.05 bits per heavy atom. The number of likely N-dealkylation sites (N-methyl/N-ethyl adjacent to an activating group) is 1. The van der Waals surface area contributed by atoms with E-state index in [0.717, 1.165) is 25.5 Å². The maximum Gasteiger partial charge on any atom is 0.131 e. The van der Waals surface area contributed by atoms with E-state index in [9.17, 15) is 0 Å². The van der Waals surface area contributed by atoms with E-state index in [-0.39, 0.29) is 0 Å². The third-order valence-electron chi connectivity index (χ3n) is 3.89. The molecule has 0 bridgehead atoms. The van der Waals surface area contributed by atoms with Crippen molar-refractivity contribution in [1.29, 1.82) is 0 Å². The largest absolute Gasteiger partial charge is 0.355 e. The molecule has 0 saturated carbocycles. The topological polar surface area (TPSA) is 50.1 Å². The molecule has 20 heavy (non-hydrogen) atoms. The van der Waals surface area contributed by atoms with Crippen LogP contribution in [0, 0.1) is 0 Å². The fourth-order valence-corrected chi connectivity index (χ4v) is 2.76. The Bertz CT molecular complexity index is 552. The molecule has 0 aromatic carbocycles. The van der Waals surface area contributed by atoms with Gasteiger partial charge in [0.2, 0.25) is 0 Å². The standard InChI is InChI=1S/C14H20N6/c1-18-8-12(7-17-18)9-20-6-4-13(10-20)19(2)14-3-5-15-11-16-14/h3,5,7-8,11,13H,4,6,9-10H2,1-2H3. The molecule has 0 N–H and O–H groups in total. The normalized spacial score (nSPS) is 19.4. The number of anilines is 1. The lowest BCUT2D eigenvalue weighted by Crippen LogP contribution is -2.34. The van der Waals surface area contributed by atoms with Crippen molar-refractivity contribution in [2.24, 2.45) is 7.05 Å². The lowest BCUT2D eigenvalue weighted by molar-refractivity contribution is 0.325. The highest BCUT2D eigenvalue weighted by atomic mass is 15.3. The van der Waals surface area contributed by atoms with Crippen molar-refractivity contribution in [2.75, 3.05) is 25.0 Å².